The van der Waals surface area contributed by atoms with Crippen molar-refractivity contribution in [3.8, 4) is 0 Å². The van der Waals surface area contributed by atoms with Crippen LogP contribution in [0.25, 0.3) is 5.52 Å². The number of dihydropyridines is 1. The summed E-state index contributed by atoms with van der Waals surface area (Å²) in [6.07, 6.45) is 11.8. The van der Waals surface area contributed by atoms with Crippen LogP contribution in [0.3, 0.4) is 0 Å². The summed E-state index contributed by atoms with van der Waals surface area (Å²) in [7, 11) is 0. The van der Waals surface area contributed by atoms with Gasteiger partial charge in [-0.25, -0.2) is 4.52 Å². The standard InChI is InChI=1S/C31H41N7O3/c1-2-41-31(6-9-35(10-7-31)26-20-40-21-26)24-3-4-27(33-18-24)23-17-29-28(5-8-34-38(29)19-23)36-11-13-37(14-12-36)30(39)22-15-25(32)16-22/h3-5,8,17,19,22,24,26,32H,2,6-7,9-16,18,20-21H2,1H3. The van der Waals surface area contributed by atoms with E-state index in [4.69, 9.17) is 19.9 Å². The minimum Gasteiger partial charge on any atom is -0.378 e. The van der Waals surface area contributed by atoms with E-state index in [1.54, 1.807) is 0 Å². The van der Waals surface area contributed by atoms with Gasteiger partial charge < -0.3 is 24.7 Å². The molecular weight excluding hydrogens is 518 g/mol. The highest BCUT2D eigenvalue weighted by Gasteiger charge is 2.44. The number of likely N-dealkylation sites (tertiary alicyclic amines) is 1. The van der Waals surface area contributed by atoms with Crippen molar-refractivity contribution < 1.29 is 14.3 Å². The summed E-state index contributed by atoms with van der Waals surface area (Å²) in [6, 6.07) is 4.85. The van der Waals surface area contributed by atoms with E-state index in [0.717, 1.165) is 101 Å². The van der Waals surface area contributed by atoms with Crippen molar-refractivity contribution in [1.82, 2.24) is 19.4 Å². The number of rotatable bonds is 7. The van der Waals surface area contributed by atoms with Gasteiger partial charge >= 0.3 is 0 Å². The van der Waals surface area contributed by atoms with E-state index >= 15 is 0 Å². The Labute approximate surface area is 241 Å². The lowest BCUT2D eigenvalue weighted by Crippen LogP contribution is -2.57. The number of nitrogens with one attached hydrogen (secondary N) is 1. The van der Waals surface area contributed by atoms with Crippen molar-refractivity contribution in [2.45, 2.75) is 44.2 Å². The number of hydrogen-bond acceptors (Lipinski definition) is 8. The first-order valence-corrected chi connectivity index (χ1v) is 15.3. The number of piperidine rings is 1. The first-order chi connectivity index (χ1) is 20.0. The predicted octanol–water partition coefficient (Wildman–Crippen LogP) is 2.66. The molecule has 1 atom stereocenters. The minimum absolute atomic E-state index is 0.0254. The Morgan fingerprint density at radius 1 is 1.15 bits per heavy atom. The lowest BCUT2D eigenvalue weighted by Gasteiger charge is -2.48. The smallest absolute Gasteiger partial charge is 0.226 e. The van der Waals surface area contributed by atoms with Crippen molar-refractivity contribution in [2.24, 2.45) is 16.8 Å². The Morgan fingerprint density at radius 2 is 1.93 bits per heavy atom. The number of carbonyl (C=O) groups excluding carboxylic acids is 1. The van der Waals surface area contributed by atoms with E-state index in [0.29, 0.717) is 24.6 Å². The second-order valence-electron chi connectivity index (χ2n) is 12.2. The van der Waals surface area contributed by atoms with Crippen molar-refractivity contribution in [3.63, 3.8) is 0 Å². The first kappa shape index (κ1) is 26.8. The van der Waals surface area contributed by atoms with Crippen LogP contribution in [0.2, 0.25) is 0 Å². The molecule has 4 aliphatic heterocycles. The molecular formula is C31H41N7O3. The van der Waals surface area contributed by atoms with Gasteiger partial charge in [0, 0.05) is 87.9 Å². The largest absolute Gasteiger partial charge is 0.378 e. The second kappa shape index (κ2) is 11.0. The van der Waals surface area contributed by atoms with Crippen LogP contribution in [0.4, 0.5) is 5.69 Å². The highest BCUT2D eigenvalue weighted by Crippen LogP contribution is 2.38. The maximum absolute atomic E-state index is 12.8. The highest BCUT2D eigenvalue weighted by molar-refractivity contribution is 6.10. The number of ether oxygens (including phenoxy) is 2. The van der Waals surface area contributed by atoms with E-state index in [9.17, 15) is 4.79 Å². The minimum atomic E-state index is -0.147. The molecule has 10 nitrogen and oxygen atoms in total. The first-order valence-electron chi connectivity index (χ1n) is 15.3. The molecule has 1 unspecified atom stereocenters. The molecule has 41 heavy (non-hydrogen) atoms. The van der Waals surface area contributed by atoms with Crippen LogP contribution in [0.15, 0.2) is 41.7 Å². The van der Waals surface area contributed by atoms with Gasteiger partial charge in [-0.15, -0.1) is 0 Å². The molecule has 0 spiro atoms. The summed E-state index contributed by atoms with van der Waals surface area (Å²) < 4.78 is 13.8. The van der Waals surface area contributed by atoms with Crippen LogP contribution in [-0.4, -0.2) is 114 Å². The Morgan fingerprint density at radius 3 is 2.56 bits per heavy atom. The molecule has 5 aliphatic rings. The number of fused-ring (bicyclic) bond motifs is 1. The summed E-state index contributed by atoms with van der Waals surface area (Å²) in [5, 5.41) is 12.3. The number of allylic oxidation sites excluding steroid dienone is 1. The van der Waals surface area contributed by atoms with Gasteiger partial charge in [-0.3, -0.25) is 14.7 Å². The van der Waals surface area contributed by atoms with Crippen molar-refractivity contribution >= 4 is 28.5 Å². The van der Waals surface area contributed by atoms with E-state index in [1.807, 2.05) is 15.6 Å². The number of aliphatic imine (C=N–C) groups is 1. The molecule has 4 fully saturated rings. The van der Waals surface area contributed by atoms with Crippen LogP contribution in [-0.2, 0) is 14.3 Å². The Balaban J connectivity index is 1.02. The van der Waals surface area contributed by atoms with E-state index < -0.39 is 0 Å². The van der Waals surface area contributed by atoms with Crippen molar-refractivity contribution in [2.75, 3.05) is 70.5 Å². The zero-order chi connectivity index (χ0) is 28.0. The van der Waals surface area contributed by atoms with Gasteiger partial charge in [0.05, 0.1) is 41.8 Å². The van der Waals surface area contributed by atoms with Gasteiger partial charge in [0.2, 0.25) is 5.91 Å². The third kappa shape index (κ3) is 5.00. The average molecular weight is 560 g/mol. The maximum atomic E-state index is 12.8. The Bertz CT molecular complexity index is 1350. The van der Waals surface area contributed by atoms with Gasteiger partial charge in [-0.05, 0) is 50.8 Å². The topological polar surface area (TPSA) is 98.8 Å². The quantitative estimate of drug-likeness (QED) is 0.560. The number of nitrogens with zero attached hydrogens (tertiary/aromatic N) is 6. The molecule has 218 valence electrons. The zero-order valence-corrected chi connectivity index (χ0v) is 24.0. The predicted molar refractivity (Wildman–Crippen MR) is 158 cm³/mol. The monoisotopic (exact) mass is 559 g/mol. The molecule has 2 aromatic heterocycles. The lowest BCUT2D eigenvalue weighted by atomic mass is 9.77. The highest BCUT2D eigenvalue weighted by atomic mass is 16.5. The summed E-state index contributed by atoms with van der Waals surface area (Å²) in [5.74, 6) is 0.522. The number of anilines is 1. The molecule has 3 saturated heterocycles. The summed E-state index contributed by atoms with van der Waals surface area (Å²) in [5.41, 5.74) is 4.83. The molecule has 1 aliphatic carbocycles. The van der Waals surface area contributed by atoms with Crippen molar-refractivity contribution in [1.29, 1.82) is 5.41 Å². The number of piperazine rings is 1. The van der Waals surface area contributed by atoms with E-state index in [1.165, 1.54) is 0 Å². The van der Waals surface area contributed by atoms with Gasteiger partial charge in [0.1, 0.15) is 0 Å². The normalized spacial score (nSPS) is 27.0. The van der Waals surface area contributed by atoms with Crippen LogP contribution in [0.5, 0.6) is 0 Å². The lowest BCUT2D eigenvalue weighted by molar-refractivity contribution is -0.136. The van der Waals surface area contributed by atoms with Crippen LogP contribution < -0.4 is 4.90 Å². The van der Waals surface area contributed by atoms with Gasteiger partial charge in [-0.1, -0.05) is 6.08 Å². The summed E-state index contributed by atoms with van der Waals surface area (Å²) >= 11 is 0. The SMILES string of the molecule is CCOC1(C2C=CC(c3cc4c(N5CCN(C(=O)C6CC(=N)C6)CC5)ccnn4c3)=NC2)CCN(C2COC2)CC1. The number of amides is 1. The fourth-order valence-corrected chi connectivity index (χ4v) is 7.20. The third-order valence-electron chi connectivity index (χ3n) is 9.88. The molecule has 2 aromatic rings. The van der Waals surface area contributed by atoms with Crippen LogP contribution in [0.1, 0.15) is 38.2 Å². The molecule has 1 N–H and O–H groups in total. The molecule has 6 heterocycles. The fraction of sp³-hybridized carbons (Fsp3) is 0.613. The van der Waals surface area contributed by atoms with Gasteiger partial charge in [0.15, 0.2) is 0 Å². The number of aromatic nitrogens is 2. The Kier molecular flexibility index (Phi) is 7.16. The van der Waals surface area contributed by atoms with Crippen LogP contribution in [0, 0.1) is 17.2 Å². The van der Waals surface area contributed by atoms with Crippen LogP contribution >= 0.6 is 0 Å². The maximum Gasteiger partial charge on any atom is 0.226 e. The molecule has 1 amide bonds. The van der Waals surface area contributed by atoms with E-state index in [2.05, 4.69) is 52.3 Å². The molecule has 1 saturated carbocycles. The third-order valence-corrected chi connectivity index (χ3v) is 9.88. The number of hydrogen-bond donors (Lipinski definition) is 1. The molecule has 0 aromatic carbocycles. The van der Waals surface area contributed by atoms with Gasteiger partial charge in [-0.2, -0.15) is 5.10 Å². The molecule has 0 bridgehead atoms. The molecule has 10 heteroatoms. The van der Waals surface area contributed by atoms with Crippen molar-refractivity contribution in [3.05, 3.63) is 42.2 Å². The zero-order valence-electron chi connectivity index (χ0n) is 24.0. The molecule has 7 rings (SSSR count). The average Bonchev–Trinajstić information content (AvgIpc) is 3.40. The Hall–Kier alpha value is -3.08. The fourth-order valence-electron chi connectivity index (χ4n) is 7.20. The number of carbonyl (C=O) groups is 1. The molecule has 0 radical (unpaired) electrons. The second-order valence-corrected chi connectivity index (χ2v) is 12.2. The van der Waals surface area contributed by atoms with E-state index in [-0.39, 0.29) is 23.3 Å². The van der Waals surface area contributed by atoms with Gasteiger partial charge in [0.25, 0.3) is 0 Å². The summed E-state index contributed by atoms with van der Waals surface area (Å²) in [6.45, 7) is 10.4. The summed E-state index contributed by atoms with van der Waals surface area (Å²) in [4.78, 5) is 24.7.